The van der Waals surface area contributed by atoms with E-state index in [0.29, 0.717) is 0 Å². The lowest BCUT2D eigenvalue weighted by molar-refractivity contribution is 0.0303. The summed E-state index contributed by atoms with van der Waals surface area (Å²) in [5.41, 5.74) is 0.728. The van der Waals surface area contributed by atoms with Crippen LogP contribution >= 0.6 is 0 Å². The van der Waals surface area contributed by atoms with Gasteiger partial charge in [0.25, 0.3) is 10.1 Å². The molecule has 0 fully saturated rings. The van der Waals surface area contributed by atoms with Crippen molar-refractivity contribution in [2.45, 2.75) is 17.1 Å². The molecule has 0 unspecified atom stereocenters. The molecule has 0 saturated heterocycles. The maximum absolute atomic E-state index is 12.8. The van der Waals surface area contributed by atoms with Crippen LogP contribution in [0, 0.1) is 6.92 Å². The van der Waals surface area contributed by atoms with Crippen molar-refractivity contribution in [3.63, 3.8) is 0 Å². The minimum atomic E-state index is -5.99. The first-order chi connectivity index (χ1) is 8.46. The average Bonchev–Trinajstić information content (AvgIpc) is 2.26. The van der Waals surface area contributed by atoms with E-state index in [1.165, 1.54) is 12.1 Å². The Morgan fingerprint density at radius 1 is 1.16 bits per heavy atom. The standard InChI is InChI=1S/C9H10F2O6S2/c1-7-2-4-8(5-3-7)18(12,13)17-6-9(10,11)19(14,15)16/h2-5H,6H2,1H3,(H,14,15,16)/p-1. The molecule has 1 rings (SSSR count). The third-order valence-electron chi connectivity index (χ3n) is 2.06. The van der Waals surface area contributed by atoms with Crippen molar-refractivity contribution >= 4 is 20.2 Å². The summed E-state index contributed by atoms with van der Waals surface area (Å²) >= 11 is 0. The molecule has 0 aliphatic carbocycles. The highest BCUT2D eigenvalue weighted by Gasteiger charge is 2.40. The summed E-state index contributed by atoms with van der Waals surface area (Å²) in [7, 11) is -10.5. The number of hydrogen-bond acceptors (Lipinski definition) is 6. The van der Waals surface area contributed by atoms with E-state index in [-0.39, 0.29) is 0 Å². The molecule has 0 aliphatic heterocycles. The fourth-order valence-corrected chi connectivity index (χ4v) is 2.18. The van der Waals surface area contributed by atoms with E-state index in [2.05, 4.69) is 4.18 Å². The van der Waals surface area contributed by atoms with Crippen molar-refractivity contribution in [2.24, 2.45) is 0 Å². The zero-order chi connectivity index (χ0) is 14.9. The second-order valence-electron chi connectivity index (χ2n) is 3.62. The summed E-state index contributed by atoms with van der Waals surface area (Å²) in [6.45, 7) is -0.384. The van der Waals surface area contributed by atoms with Gasteiger partial charge in [0.2, 0.25) is 0 Å². The van der Waals surface area contributed by atoms with Gasteiger partial charge in [-0.1, -0.05) is 17.7 Å². The molecule has 0 atom stereocenters. The quantitative estimate of drug-likeness (QED) is 0.589. The summed E-state index contributed by atoms with van der Waals surface area (Å²) < 4.78 is 82.8. The third-order valence-corrected chi connectivity index (χ3v) is 4.18. The molecular formula is C9H9F2O6S2-. The van der Waals surface area contributed by atoms with E-state index in [1.54, 1.807) is 6.92 Å². The average molecular weight is 315 g/mol. The van der Waals surface area contributed by atoms with Gasteiger partial charge < -0.3 is 4.55 Å². The van der Waals surface area contributed by atoms with Gasteiger partial charge in [0.15, 0.2) is 10.1 Å². The van der Waals surface area contributed by atoms with Crippen LogP contribution in [0.3, 0.4) is 0 Å². The normalized spacial score (nSPS) is 13.5. The number of benzene rings is 1. The summed E-state index contributed by atoms with van der Waals surface area (Å²) in [6.07, 6.45) is 0. The molecule has 19 heavy (non-hydrogen) atoms. The molecule has 10 heteroatoms. The molecule has 0 aliphatic rings. The monoisotopic (exact) mass is 315 g/mol. The largest absolute Gasteiger partial charge is 0.743 e. The molecule has 6 nitrogen and oxygen atoms in total. The topological polar surface area (TPSA) is 101 Å². The Balaban J connectivity index is 2.91. The van der Waals surface area contributed by atoms with E-state index in [4.69, 9.17) is 0 Å². The molecule has 0 aromatic heterocycles. The van der Waals surface area contributed by atoms with Crippen LogP contribution in [-0.2, 0) is 24.4 Å². The highest BCUT2D eigenvalue weighted by Crippen LogP contribution is 2.23. The first-order valence-corrected chi connectivity index (χ1v) is 7.57. The minimum Gasteiger partial charge on any atom is -0.743 e. The van der Waals surface area contributed by atoms with E-state index < -0.39 is 37.0 Å². The third kappa shape index (κ3) is 3.93. The predicted molar refractivity (Wildman–Crippen MR) is 59.0 cm³/mol. The van der Waals surface area contributed by atoms with E-state index in [0.717, 1.165) is 17.7 Å². The van der Waals surface area contributed by atoms with Gasteiger partial charge in [-0.25, -0.2) is 8.42 Å². The Morgan fingerprint density at radius 2 is 1.63 bits per heavy atom. The van der Waals surface area contributed by atoms with Crippen LogP contribution in [0.25, 0.3) is 0 Å². The van der Waals surface area contributed by atoms with Crippen molar-refractivity contribution in [1.82, 2.24) is 0 Å². The highest BCUT2D eigenvalue weighted by molar-refractivity contribution is 7.87. The lowest BCUT2D eigenvalue weighted by atomic mass is 10.2. The second-order valence-corrected chi connectivity index (χ2v) is 6.74. The molecule has 0 spiro atoms. The Kier molecular flexibility index (Phi) is 4.30. The van der Waals surface area contributed by atoms with Gasteiger partial charge in [0.1, 0.15) is 6.61 Å². The van der Waals surface area contributed by atoms with Crippen molar-refractivity contribution in [3.05, 3.63) is 29.8 Å². The molecule has 0 amide bonds. The molecule has 0 heterocycles. The zero-order valence-corrected chi connectivity index (χ0v) is 11.2. The van der Waals surface area contributed by atoms with Gasteiger partial charge >= 0.3 is 5.25 Å². The van der Waals surface area contributed by atoms with Crippen LogP contribution in [0.1, 0.15) is 5.56 Å². The molecule has 0 bridgehead atoms. The van der Waals surface area contributed by atoms with Crippen molar-refractivity contribution < 1.29 is 34.4 Å². The van der Waals surface area contributed by atoms with Gasteiger partial charge in [-0.3, -0.25) is 4.18 Å². The molecule has 0 radical (unpaired) electrons. The smallest absolute Gasteiger partial charge is 0.358 e. The van der Waals surface area contributed by atoms with Crippen molar-refractivity contribution in [1.29, 1.82) is 0 Å². The molecule has 1 aromatic rings. The van der Waals surface area contributed by atoms with Crippen LogP contribution < -0.4 is 0 Å². The summed E-state index contributed by atoms with van der Waals surface area (Å²) in [4.78, 5) is -0.419. The first kappa shape index (κ1) is 16.0. The first-order valence-electron chi connectivity index (χ1n) is 4.75. The van der Waals surface area contributed by atoms with Gasteiger partial charge in [-0.2, -0.15) is 17.2 Å². The highest BCUT2D eigenvalue weighted by atomic mass is 32.2. The summed E-state index contributed by atoms with van der Waals surface area (Å²) in [6, 6.07) is 5.01. The predicted octanol–water partition coefficient (Wildman–Crippen LogP) is 0.838. The van der Waals surface area contributed by atoms with Gasteiger partial charge in [-0.05, 0) is 19.1 Å². The number of aryl methyl sites for hydroxylation is 1. The van der Waals surface area contributed by atoms with Crippen molar-refractivity contribution in [2.75, 3.05) is 6.61 Å². The van der Waals surface area contributed by atoms with Crippen LogP contribution in [0.15, 0.2) is 29.2 Å². The minimum absolute atomic E-state index is 0.419. The number of alkyl halides is 2. The molecule has 1 aromatic carbocycles. The Hall–Kier alpha value is -1.10. The fourth-order valence-electron chi connectivity index (χ4n) is 0.991. The van der Waals surface area contributed by atoms with Crippen LogP contribution in [0.5, 0.6) is 0 Å². The molecule has 108 valence electrons. The zero-order valence-electron chi connectivity index (χ0n) is 9.54. The summed E-state index contributed by atoms with van der Waals surface area (Å²) in [5, 5.41) is -4.81. The lowest BCUT2D eigenvalue weighted by Crippen LogP contribution is -2.34. The lowest BCUT2D eigenvalue weighted by Gasteiger charge is -2.19. The van der Waals surface area contributed by atoms with Crippen LogP contribution in [0.4, 0.5) is 8.78 Å². The molecular weight excluding hydrogens is 306 g/mol. The fraction of sp³-hybridized carbons (Fsp3) is 0.333. The van der Waals surface area contributed by atoms with Gasteiger partial charge in [-0.15, -0.1) is 0 Å². The number of rotatable bonds is 5. The molecule has 0 N–H and O–H groups in total. The van der Waals surface area contributed by atoms with E-state index in [9.17, 15) is 30.2 Å². The Bertz CT molecular complexity index is 648. The maximum atomic E-state index is 12.8. The Labute approximate surface area is 108 Å². The number of hydrogen-bond donors (Lipinski definition) is 0. The van der Waals surface area contributed by atoms with Gasteiger partial charge in [0, 0.05) is 0 Å². The molecule has 0 saturated carbocycles. The van der Waals surface area contributed by atoms with Crippen LogP contribution in [-0.4, -0.2) is 33.2 Å². The summed E-state index contributed by atoms with van der Waals surface area (Å²) in [5.74, 6) is 0. The van der Waals surface area contributed by atoms with Crippen LogP contribution in [0.2, 0.25) is 0 Å². The van der Waals surface area contributed by atoms with E-state index in [1.807, 2.05) is 0 Å². The maximum Gasteiger partial charge on any atom is 0.358 e. The van der Waals surface area contributed by atoms with Crippen molar-refractivity contribution in [3.8, 4) is 0 Å². The second kappa shape index (κ2) is 5.12. The Morgan fingerprint density at radius 3 is 2.05 bits per heavy atom. The van der Waals surface area contributed by atoms with E-state index >= 15 is 0 Å². The van der Waals surface area contributed by atoms with Gasteiger partial charge in [0.05, 0.1) is 4.90 Å². The SMILES string of the molecule is Cc1ccc(S(=O)(=O)OCC(F)(F)S(=O)(=O)[O-])cc1. The number of halogens is 2.